The Hall–Kier alpha value is -3.31. The first-order chi connectivity index (χ1) is 17.1. The monoisotopic (exact) mass is 507 g/mol. The molecule has 0 saturated heterocycles. The molecule has 0 fully saturated rings. The van der Waals surface area contributed by atoms with E-state index in [0.717, 1.165) is 5.56 Å². The number of nitrogens with one attached hydrogen (secondary N) is 3. The Morgan fingerprint density at radius 3 is 2.00 bits per heavy atom. The summed E-state index contributed by atoms with van der Waals surface area (Å²) in [5, 5.41) is 7.88. The molecule has 0 spiro atoms. The number of hydrogen-bond acceptors (Lipinski definition) is 8. The Kier molecular flexibility index (Phi) is 14.7. The summed E-state index contributed by atoms with van der Waals surface area (Å²) in [6.07, 6.45) is 0.423. The Balaban J connectivity index is 2.34. The van der Waals surface area contributed by atoms with Gasteiger partial charge in [0.2, 0.25) is 17.7 Å². The summed E-state index contributed by atoms with van der Waals surface area (Å²) in [7, 11) is 0. The van der Waals surface area contributed by atoms with Crippen LogP contribution in [-0.2, 0) is 44.8 Å². The first-order valence-corrected chi connectivity index (χ1v) is 11.8. The normalized spacial score (nSPS) is 11.5. The van der Waals surface area contributed by atoms with Gasteiger partial charge in [-0.25, -0.2) is 0 Å². The van der Waals surface area contributed by atoms with Crippen molar-refractivity contribution in [2.24, 2.45) is 5.92 Å². The van der Waals surface area contributed by atoms with Crippen molar-refractivity contribution in [2.45, 2.75) is 53.2 Å². The van der Waals surface area contributed by atoms with Crippen LogP contribution in [0, 0.1) is 5.92 Å². The molecule has 1 aromatic rings. The minimum Gasteiger partial charge on any atom is -0.461 e. The lowest BCUT2D eigenvalue weighted by Crippen LogP contribution is -2.51. The molecule has 3 N–H and O–H groups in total. The fraction of sp³-hybridized carbons (Fsp3) is 0.560. The summed E-state index contributed by atoms with van der Waals surface area (Å²) in [4.78, 5) is 58.7. The summed E-state index contributed by atoms with van der Waals surface area (Å²) in [5.74, 6) is -1.76. The van der Waals surface area contributed by atoms with Crippen molar-refractivity contribution in [1.82, 2.24) is 10.6 Å². The van der Waals surface area contributed by atoms with Crippen molar-refractivity contribution >= 4 is 35.2 Å². The van der Waals surface area contributed by atoms with E-state index < -0.39 is 17.9 Å². The van der Waals surface area contributed by atoms with E-state index in [-0.39, 0.29) is 49.8 Å². The SMILES string of the molecule is CC(=O)CCOCCOCCC(=O)NC(C(=O)NCC(=O)Nc1ccc(COC(C)=O)cc1)C(C)C. The standard InChI is InChI=1S/C25H37N3O8/c1-17(2)24(28-22(31)10-12-35-14-13-34-11-9-18(3)29)25(33)26-15-23(32)27-21-7-5-20(6-8-21)16-36-19(4)30/h5-8,17,24H,9-16H2,1-4H3,(H,26,33)(H,27,32)(H,28,31). The summed E-state index contributed by atoms with van der Waals surface area (Å²) < 4.78 is 15.5. The van der Waals surface area contributed by atoms with E-state index in [2.05, 4.69) is 16.0 Å². The fourth-order valence-electron chi connectivity index (χ4n) is 2.84. The van der Waals surface area contributed by atoms with Crippen LogP contribution in [-0.4, -0.2) is 68.5 Å². The third-order valence-electron chi connectivity index (χ3n) is 4.81. The summed E-state index contributed by atoms with van der Waals surface area (Å²) >= 11 is 0. The second-order valence-corrected chi connectivity index (χ2v) is 8.46. The molecule has 0 aliphatic heterocycles. The van der Waals surface area contributed by atoms with Gasteiger partial charge in [0, 0.05) is 25.5 Å². The van der Waals surface area contributed by atoms with Crippen molar-refractivity contribution in [2.75, 3.05) is 38.3 Å². The molecule has 1 aromatic carbocycles. The minimum atomic E-state index is -0.805. The molecule has 0 saturated carbocycles. The second-order valence-electron chi connectivity index (χ2n) is 8.46. The molecular weight excluding hydrogens is 470 g/mol. The zero-order valence-electron chi connectivity index (χ0n) is 21.4. The third kappa shape index (κ3) is 14.2. The smallest absolute Gasteiger partial charge is 0.302 e. The lowest BCUT2D eigenvalue weighted by atomic mass is 10.0. The van der Waals surface area contributed by atoms with Crippen molar-refractivity contribution in [1.29, 1.82) is 0 Å². The van der Waals surface area contributed by atoms with Gasteiger partial charge in [0.1, 0.15) is 18.4 Å². The number of carbonyl (C=O) groups excluding carboxylic acids is 5. The molecule has 200 valence electrons. The maximum atomic E-state index is 12.6. The molecule has 0 bridgehead atoms. The number of benzene rings is 1. The Morgan fingerprint density at radius 2 is 1.44 bits per heavy atom. The van der Waals surface area contributed by atoms with Crippen LogP contribution in [0.3, 0.4) is 0 Å². The van der Waals surface area contributed by atoms with Gasteiger partial charge < -0.3 is 30.2 Å². The van der Waals surface area contributed by atoms with Gasteiger partial charge in [0.05, 0.1) is 33.0 Å². The number of anilines is 1. The highest BCUT2D eigenvalue weighted by Gasteiger charge is 2.24. The van der Waals surface area contributed by atoms with E-state index >= 15 is 0 Å². The largest absolute Gasteiger partial charge is 0.461 e. The van der Waals surface area contributed by atoms with Gasteiger partial charge in [-0.1, -0.05) is 26.0 Å². The van der Waals surface area contributed by atoms with Crippen LogP contribution in [0.4, 0.5) is 5.69 Å². The molecule has 0 heterocycles. The molecule has 3 amide bonds. The molecule has 0 aromatic heterocycles. The number of esters is 1. The van der Waals surface area contributed by atoms with Crippen LogP contribution in [0.5, 0.6) is 0 Å². The predicted octanol–water partition coefficient (Wildman–Crippen LogP) is 1.35. The van der Waals surface area contributed by atoms with Gasteiger partial charge in [0.25, 0.3) is 0 Å². The topological polar surface area (TPSA) is 149 Å². The zero-order chi connectivity index (χ0) is 26.9. The van der Waals surface area contributed by atoms with E-state index in [1.54, 1.807) is 38.1 Å². The summed E-state index contributed by atoms with van der Waals surface area (Å²) in [5.41, 5.74) is 1.30. The Morgan fingerprint density at radius 1 is 0.833 bits per heavy atom. The van der Waals surface area contributed by atoms with Gasteiger partial charge in [-0.15, -0.1) is 0 Å². The van der Waals surface area contributed by atoms with Crippen molar-refractivity contribution in [3.63, 3.8) is 0 Å². The summed E-state index contributed by atoms with van der Waals surface area (Å²) in [6, 6.07) is 5.95. The lowest BCUT2D eigenvalue weighted by Gasteiger charge is -2.21. The highest BCUT2D eigenvalue weighted by Crippen LogP contribution is 2.10. The number of ether oxygens (including phenoxy) is 3. The van der Waals surface area contributed by atoms with Crippen molar-refractivity contribution in [3.05, 3.63) is 29.8 Å². The van der Waals surface area contributed by atoms with Gasteiger partial charge >= 0.3 is 5.97 Å². The number of amides is 3. The molecule has 1 unspecified atom stereocenters. The van der Waals surface area contributed by atoms with Crippen molar-refractivity contribution < 1.29 is 38.2 Å². The average molecular weight is 508 g/mol. The molecule has 0 radical (unpaired) electrons. The van der Waals surface area contributed by atoms with Crippen LogP contribution in [0.2, 0.25) is 0 Å². The molecule has 36 heavy (non-hydrogen) atoms. The Labute approximate surface area is 211 Å². The highest BCUT2D eigenvalue weighted by molar-refractivity contribution is 5.96. The van der Waals surface area contributed by atoms with E-state index in [1.807, 2.05) is 0 Å². The van der Waals surface area contributed by atoms with Crippen LogP contribution in [0.25, 0.3) is 0 Å². The van der Waals surface area contributed by atoms with Gasteiger partial charge in [0.15, 0.2) is 0 Å². The first-order valence-electron chi connectivity index (χ1n) is 11.8. The zero-order valence-corrected chi connectivity index (χ0v) is 21.4. The summed E-state index contributed by atoms with van der Waals surface area (Å²) in [6.45, 7) is 7.40. The van der Waals surface area contributed by atoms with E-state index in [4.69, 9.17) is 14.2 Å². The predicted molar refractivity (Wildman–Crippen MR) is 132 cm³/mol. The molecule has 1 rings (SSSR count). The molecule has 11 heteroatoms. The van der Waals surface area contributed by atoms with Crippen LogP contribution in [0.15, 0.2) is 24.3 Å². The maximum absolute atomic E-state index is 12.6. The first kappa shape index (κ1) is 30.7. The lowest BCUT2D eigenvalue weighted by molar-refractivity contribution is -0.142. The molecule has 0 aliphatic rings. The Bertz CT molecular complexity index is 871. The maximum Gasteiger partial charge on any atom is 0.302 e. The van der Waals surface area contributed by atoms with Crippen LogP contribution >= 0.6 is 0 Å². The average Bonchev–Trinajstić information content (AvgIpc) is 2.81. The van der Waals surface area contributed by atoms with Crippen LogP contribution < -0.4 is 16.0 Å². The van der Waals surface area contributed by atoms with Crippen LogP contribution in [0.1, 0.15) is 46.1 Å². The number of Topliss-reactive ketones (excluding diaryl/α,β-unsaturated/α-hetero) is 1. The molecule has 11 nitrogen and oxygen atoms in total. The van der Waals surface area contributed by atoms with E-state index in [9.17, 15) is 24.0 Å². The van der Waals surface area contributed by atoms with E-state index in [1.165, 1.54) is 13.8 Å². The van der Waals surface area contributed by atoms with Gasteiger partial charge in [-0.3, -0.25) is 24.0 Å². The molecular formula is C25H37N3O8. The van der Waals surface area contributed by atoms with Gasteiger partial charge in [-0.2, -0.15) is 0 Å². The van der Waals surface area contributed by atoms with Gasteiger partial charge in [-0.05, 0) is 30.5 Å². The molecule has 0 aliphatic carbocycles. The number of carbonyl (C=O) groups is 5. The van der Waals surface area contributed by atoms with Crippen molar-refractivity contribution in [3.8, 4) is 0 Å². The fourth-order valence-corrected chi connectivity index (χ4v) is 2.84. The number of rotatable bonds is 17. The van der Waals surface area contributed by atoms with E-state index in [0.29, 0.717) is 31.9 Å². The third-order valence-corrected chi connectivity index (χ3v) is 4.81. The second kappa shape index (κ2) is 17.2. The minimum absolute atomic E-state index is 0.0563. The highest BCUT2D eigenvalue weighted by atomic mass is 16.5. The quantitative estimate of drug-likeness (QED) is 0.211. The molecule has 1 atom stereocenters. The number of hydrogen-bond donors (Lipinski definition) is 3. The number of ketones is 1.